The van der Waals surface area contributed by atoms with Crippen molar-refractivity contribution < 1.29 is 13.9 Å². The third kappa shape index (κ3) is 4.42. The summed E-state index contributed by atoms with van der Waals surface area (Å²) in [5, 5.41) is 4.59. The average Bonchev–Trinajstić information content (AvgIpc) is 2.73. The summed E-state index contributed by atoms with van der Waals surface area (Å²) in [6.45, 7) is 2.10. The number of pyridine rings is 1. The molecule has 4 rings (SSSR count). The molecule has 0 bridgehead atoms. The largest absolute Gasteiger partial charge is 0.378 e. The molecule has 1 amide bonds. The number of nitrogens with two attached hydrogens (primary N) is 1. The zero-order chi connectivity index (χ0) is 20.2. The fraction of sp³-hybridized carbons (Fsp3) is 0.273. The fourth-order valence-corrected chi connectivity index (χ4v) is 3.72. The van der Waals surface area contributed by atoms with Crippen LogP contribution in [-0.4, -0.2) is 48.3 Å². The van der Waals surface area contributed by atoms with Gasteiger partial charge in [0.1, 0.15) is 5.82 Å². The third-order valence-corrected chi connectivity index (χ3v) is 5.13. The molecule has 0 saturated carbocycles. The van der Waals surface area contributed by atoms with Gasteiger partial charge >= 0.3 is 0 Å². The number of hydrogen-bond donors (Lipinski definition) is 2. The van der Waals surface area contributed by atoms with Crippen molar-refractivity contribution in [2.24, 2.45) is 5.73 Å². The molecule has 150 valence electrons. The number of aromatic nitrogens is 1. The summed E-state index contributed by atoms with van der Waals surface area (Å²) >= 11 is 0. The van der Waals surface area contributed by atoms with Crippen molar-refractivity contribution in [2.45, 2.75) is 12.2 Å². The maximum Gasteiger partial charge on any atom is 0.254 e. The molecule has 2 aromatic carbocycles. The standard InChI is InChI=1S/C22H23FN4O2/c23-17-6-3-5-15(10-17)20-14-29-9-8-27(20)13-21(24)26-22(28)19-12-25-11-16-4-1-2-7-18(16)19/h1-7,10-12,20-21H,8-9,13-14,24H2,(H,26,28). The summed E-state index contributed by atoms with van der Waals surface area (Å²) in [6.07, 6.45) is 2.69. The van der Waals surface area contributed by atoms with Crippen molar-refractivity contribution in [2.75, 3.05) is 26.3 Å². The molecule has 1 aliphatic heterocycles. The number of nitrogens with one attached hydrogen (secondary N) is 1. The highest BCUT2D eigenvalue weighted by molar-refractivity contribution is 6.06. The van der Waals surface area contributed by atoms with Crippen LogP contribution in [0.5, 0.6) is 0 Å². The van der Waals surface area contributed by atoms with Gasteiger partial charge in [-0.15, -0.1) is 0 Å². The van der Waals surface area contributed by atoms with Gasteiger partial charge in [0, 0.05) is 30.9 Å². The van der Waals surface area contributed by atoms with Crippen molar-refractivity contribution in [3.05, 3.63) is 77.9 Å². The molecule has 0 radical (unpaired) electrons. The predicted molar refractivity (Wildman–Crippen MR) is 109 cm³/mol. The Bertz CT molecular complexity index is 1010. The van der Waals surface area contributed by atoms with Gasteiger partial charge in [-0.05, 0) is 23.1 Å². The van der Waals surface area contributed by atoms with E-state index in [0.717, 1.165) is 16.3 Å². The monoisotopic (exact) mass is 394 g/mol. The smallest absolute Gasteiger partial charge is 0.254 e. The second kappa shape index (κ2) is 8.65. The van der Waals surface area contributed by atoms with Crippen LogP contribution in [-0.2, 0) is 4.74 Å². The van der Waals surface area contributed by atoms with Gasteiger partial charge in [-0.25, -0.2) is 4.39 Å². The highest BCUT2D eigenvalue weighted by Gasteiger charge is 2.27. The summed E-state index contributed by atoms with van der Waals surface area (Å²) in [7, 11) is 0. The lowest BCUT2D eigenvalue weighted by molar-refractivity contribution is -0.0121. The maximum atomic E-state index is 13.7. The number of carbonyl (C=O) groups is 1. The Morgan fingerprint density at radius 3 is 3.00 bits per heavy atom. The van der Waals surface area contributed by atoms with Crippen LogP contribution >= 0.6 is 0 Å². The van der Waals surface area contributed by atoms with Crippen LogP contribution in [0.4, 0.5) is 4.39 Å². The molecule has 2 heterocycles. The number of rotatable bonds is 5. The zero-order valence-electron chi connectivity index (χ0n) is 15.9. The molecule has 0 spiro atoms. The molecular formula is C22H23FN4O2. The Labute approximate surface area is 168 Å². The molecule has 0 aliphatic carbocycles. The molecular weight excluding hydrogens is 371 g/mol. The Kier molecular flexibility index (Phi) is 5.80. The zero-order valence-corrected chi connectivity index (χ0v) is 15.9. The Hall–Kier alpha value is -2.87. The number of nitrogens with zero attached hydrogens (tertiary/aromatic N) is 2. The van der Waals surface area contributed by atoms with Gasteiger partial charge in [-0.2, -0.15) is 0 Å². The van der Waals surface area contributed by atoms with Gasteiger partial charge in [0.15, 0.2) is 0 Å². The van der Waals surface area contributed by atoms with Gasteiger partial charge in [-0.1, -0.05) is 36.4 Å². The highest BCUT2D eigenvalue weighted by Crippen LogP contribution is 2.24. The molecule has 1 fully saturated rings. The van der Waals surface area contributed by atoms with Gasteiger partial charge < -0.3 is 15.8 Å². The van der Waals surface area contributed by atoms with Crippen molar-refractivity contribution in [1.29, 1.82) is 0 Å². The Morgan fingerprint density at radius 1 is 1.28 bits per heavy atom. The number of carbonyl (C=O) groups excluding carboxylic acids is 1. The van der Waals surface area contributed by atoms with Crippen LogP contribution in [0.15, 0.2) is 60.9 Å². The lowest BCUT2D eigenvalue weighted by Crippen LogP contribution is -2.52. The molecule has 3 N–H and O–H groups in total. The lowest BCUT2D eigenvalue weighted by Gasteiger charge is -2.37. The first-order valence-electron chi connectivity index (χ1n) is 9.58. The first kappa shape index (κ1) is 19.4. The second-order valence-electron chi connectivity index (χ2n) is 7.13. The van der Waals surface area contributed by atoms with Crippen LogP contribution in [0.3, 0.4) is 0 Å². The van der Waals surface area contributed by atoms with E-state index in [0.29, 0.717) is 31.9 Å². The van der Waals surface area contributed by atoms with E-state index in [1.54, 1.807) is 18.5 Å². The number of amides is 1. The first-order valence-corrected chi connectivity index (χ1v) is 9.58. The fourth-order valence-electron chi connectivity index (χ4n) is 3.72. The molecule has 1 saturated heterocycles. The average molecular weight is 394 g/mol. The minimum absolute atomic E-state index is 0.110. The van der Waals surface area contributed by atoms with Crippen molar-refractivity contribution in [1.82, 2.24) is 15.2 Å². The summed E-state index contributed by atoms with van der Waals surface area (Å²) in [4.78, 5) is 19.1. The Morgan fingerprint density at radius 2 is 2.14 bits per heavy atom. The number of ether oxygens (including phenoxy) is 1. The van der Waals surface area contributed by atoms with Gasteiger partial charge in [0.2, 0.25) is 0 Å². The minimum atomic E-state index is -0.587. The molecule has 3 aromatic rings. The molecule has 6 nitrogen and oxygen atoms in total. The molecule has 2 atom stereocenters. The summed E-state index contributed by atoms with van der Waals surface area (Å²) < 4.78 is 19.2. The maximum absolute atomic E-state index is 13.7. The van der Waals surface area contributed by atoms with E-state index >= 15 is 0 Å². The number of halogens is 1. The van der Waals surface area contributed by atoms with E-state index in [1.807, 2.05) is 30.3 Å². The van der Waals surface area contributed by atoms with Crippen molar-refractivity contribution >= 4 is 16.7 Å². The molecule has 2 unspecified atom stereocenters. The lowest BCUT2D eigenvalue weighted by atomic mass is 10.0. The summed E-state index contributed by atoms with van der Waals surface area (Å²) in [5.74, 6) is -0.550. The van der Waals surface area contributed by atoms with E-state index in [-0.39, 0.29) is 17.8 Å². The topological polar surface area (TPSA) is 80.5 Å². The number of fused-ring (bicyclic) bond motifs is 1. The van der Waals surface area contributed by atoms with Crippen LogP contribution in [0.2, 0.25) is 0 Å². The molecule has 1 aromatic heterocycles. The van der Waals surface area contributed by atoms with E-state index < -0.39 is 6.17 Å². The van der Waals surface area contributed by atoms with Gasteiger partial charge in [0.05, 0.1) is 31.0 Å². The number of morpholine rings is 1. The van der Waals surface area contributed by atoms with E-state index in [2.05, 4.69) is 15.2 Å². The first-order chi connectivity index (χ1) is 14.1. The van der Waals surface area contributed by atoms with E-state index in [9.17, 15) is 9.18 Å². The number of hydrogen-bond acceptors (Lipinski definition) is 5. The molecule has 29 heavy (non-hydrogen) atoms. The van der Waals surface area contributed by atoms with Crippen LogP contribution in [0.1, 0.15) is 22.0 Å². The highest BCUT2D eigenvalue weighted by atomic mass is 19.1. The second-order valence-corrected chi connectivity index (χ2v) is 7.13. The number of benzene rings is 2. The van der Waals surface area contributed by atoms with Gasteiger partial charge in [0.25, 0.3) is 5.91 Å². The van der Waals surface area contributed by atoms with Crippen molar-refractivity contribution in [3.63, 3.8) is 0 Å². The predicted octanol–water partition coefficient (Wildman–Crippen LogP) is 2.46. The minimum Gasteiger partial charge on any atom is -0.378 e. The molecule has 7 heteroatoms. The SMILES string of the molecule is NC(CN1CCOCC1c1cccc(F)c1)NC(=O)c1cncc2ccccc12. The summed E-state index contributed by atoms with van der Waals surface area (Å²) in [5.41, 5.74) is 7.57. The quantitative estimate of drug-likeness (QED) is 0.650. The van der Waals surface area contributed by atoms with Crippen LogP contribution in [0.25, 0.3) is 10.8 Å². The third-order valence-electron chi connectivity index (χ3n) is 5.13. The normalized spacial score (nSPS) is 18.5. The summed E-state index contributed by atoms with van der Waals surface area (Å²) in [6, 6.07) is 14.0. The van der Waals surface area contributed by atoms with E-state index in [4.69, 9.17) is 10.5 Å². The van der Waals surface area contributed by atoms with Crippen LogP contribution < -0.4 is 11.1 Å². The Balaban J connectivity index is 1.46. The molecule has 1 aliphatic rings. The van der Waals surface area contributed by atoms with Crippen molar-refractivity contribution in [3.8, 4) is 0 Å². The van der Waals surface area contributed by atoms with Crippen LogP contribution in [0, 0.1) is 5.82 Å². The van der Waals surface area contributed by atoms with E-state index in [1.165, 1.54) is 12.1 Å². The van der Waals surface area contributed by atoms with Gasteiger partial charge in [-0.3, -0.25) is 14.7 Å².